The molecule has 2 heterocycles. The van der Waals surface area contributed by atoms with Crippen LogP contribution < -0.4 is 5.32 Å². The highest BCUT2D eigenvalue weighted by molar-refractivity contribution is 5.25. The number of rotatable bonds is 4. The minimum atomic E-state index is -0.0836. The molecular weight excluding hydrogens is 254 g/mol. The molecule has 1 atom stereocenters. The second kappa shape index (κ2) is 6.15. The van der Waals surface area contributed by atoms with E-state index in [4.69, 9.17) is 9.26 Å². The summed E-state index contributed by atoms with van der Waals surface area (Å²) in [6, 6.07) is 8.37. The van der Waals surface area contributed by atoms with Crippen molar-refractivity contribution in [3.63, 3.8) is 0 Å². The number of morpholine rings is 1. The van der Waals surface area contributed by atoms with E-state index in [0.29, 0.717) is 18.3 Å². The normalized spacial score (nSPS) is 19.1. The Labute approximate surface area is 118 Å². The van der Waals surface area contributed by atoms with Gasteiger partial charge in [0.15, 0.2) is 0 Å². The Hall–Kier alpha value is -1.72. The molecule has 2 aromatic rings. The summed E-state index contributed by atoms with van der Waals surface area (Å²) in [7, 11) is 0. The Bertz CT molecular complexity index is 562. The number of nitrogens with zero attached hydrogens (tertiary/aromatic N) is 2. The van der Waals surface area contributed by atoms with E-state index in [9.17, 15) is 0 Å². The number of hydrogen-bond donors (Lipinski definition) is 1. The topological polar surface area (TPSA) is 60.2 Å². The lowest BCUT2D eigenvalue weighted by Gasteiger charge is -2.20. The molecule has 1 fully saturated rings. The van der Waals surface area contributed by atoms with Gasteiger partial charge < -0.3 is 14.6 Å². The SMILES string of the molecule is Cc1ccccc1CCc1nc(C2CNCCO2)no1. The molecule has 0 aliphatic carbocycles. The maximum Gasteiger partial charge on any atom is 0.227 e. The first-order chi connectivity index (χ1) is 9.83. The van der Waals surface area contributed by atoms with Gasteiger partial charge in [0, 0.05) is 19.5 Å². The van der Waals surface area contributed by atoms with Crippen molar-refractivity contribution in [3.8, 4) is 0 Å². The molecule has 0 spiro atoms. The van der Waals surface area contributed by atoms with Crippen LogP contribution in [0.5, 0.6) is 0 Å². The second-order valence-electron chi connectivity index (χ2n) is 5.04. The van der Waals surface area contributed by atoms with Gasteiger partial charge in [0.1, 0.15) is 6.10 Å². The summed E-state index contributed by atoms with van der Waals surface area (Å²) < 4.78 is 10.9. The highest BCUT2D eigenvalue weighted by Gasteiger charge is 2.21. The van der Waals surface area contributed by atoms with Crippen molar-refractivity contribution >= 4 is 0 Å². The third kappa shape index (κ3) is 3.05. The summed E-state index contributed by atoms with van der Waals surface area (Å²) in [6.45, 7) is 4.44. The number of benzene rings is 1. The van der Waals surface area contributed by atoms with Gasteiger partial charge in [0.25, 0.3) is 0 Å². The van der Waals surface area contributed by atoms with Crippen LogP contribution in [0.3, 0.4) is 0 Å². The molecule has 1 aliphatic rings. The van der Waals surface area contributed by atoms with Crippen molar-refractivity contribution in [3.05, 3.63) is 47.1 Å². The van der Waals surface area contributed by atoms with Crippen molar-refractivity contribution < 1.29 is 9.26 Å². The van der Waals surface area contributed by atoms with Crippen LogP contribution in [0.25, 0.3) is 0 Å². The molecule has 1 aliphatic heterocycles. The van der Waals surface area contributed by atoms with Gasteiger partial charge in [-0.05, 0) is 24.5 Å². The first-order valence-corrected chi connectivity index (χ1v) is 7.02. The average Bonchev–Trinajstić information content (AvgIpc) is 2.96. The van der Waals surface area contributed by atoms with Crippen LogP contribution in [-0.2, 0) is 17.6 Å². The highest BCUT2D eigenvalue weighted by Crippen LogP contribution is 2.16. The lowest BCUT2D eigenvalue weighted by atomic mass is 10.0. The van der Waals surface area contributed by atoms with Crippen molar-refractivity contribution in [2.24, 2.45) is 0 Å². The standard InChI is InChI=1S/C15H19N3O2/c1-11-4-2-3-5-12(11)6-7-14-17-15(18-20-14)13-10-16-8-9-19-13/h2-5,13,16H,6-10H2,1H3. The lowest BCUT2D eigenvalue weighted by Crippen LogP contribution is -2.33. The molecule has 20 heavy (non-hydrogen) atoms. The van der Waals surface area contributed by atoms with Gasteiger partial charge >= 0.3 is 0 Å². The average molecular weight is 273 g/mol. The minimum Gasteiger partial charge on any atom is -0.367 e. The molecule has 1 saturated heterocycles. The summed E-state index contributed by atoms with van der Waals surface area (Å²) in [4.78, 5) is 4.44. The Balaban J connectivity index is 1.61. The van der Waals surface area contributed by atoms with Crippen LogP contribution in [0.1, 0.15) is 28.9 Å². The summed E-state index contributed by atoms with van der Waals surface area (Å²) in [5.74, 6) is 1.33. The molecule has 5 nitrogen and oxygen atoms in total. The van der Waals surface area contributed by atoms with Crippen LogP contribution in [0.4, 0.5) is 0 Å². The van der Waals surface area contributed by atoms with Gasteiger partial charge in [-0.3, -0.25) is 0 Å². The Morgan fingerprint density at radius 2 is 2.20 bits per heavy atom. The molecular formula is C15H19N3O2. The fraction of sp³-hybridized carbons (Fsp3) is 0.467. The highest BCUT2D eigenvalue weighted by atomic mass is 16.5. The third-order valence-corrected chi connectivity index (χ3v) is 3.57. The van der Waals surface area contributed by atoms with Crippen molar-refractivity contribution in [2.75, 3.05) is 19.7 Å². The molecule has 3 rings (SSSR count). The van der Waals surface area contributed by atoms with E-state index >= 15 is 0 Å². The molecule has 0 saturated carbocycles. The second-order valence-corrected chi connectivity index (χ2v) is 5.04. The fourth-order valence-electron chi connectivity index (χ4n) is 2.36. The molecule has 1 aromatic carbocycles. The molecule has 0 amide bonds. The van der Waals surface area contributed by atoms with Gasteiger partial charge in [0.05, 0.1) is 6.61 Å². The van der Waals surface area contributed by atoms with E-state index in [2.05, 4.69) is 46.6 Å². The molecule has 1 aromatic heterocycles. The number of hydrogen-bond acceptors (Lipinski definition) is 5. The Morgan fingerprint density at radius 3 is 3.00 bits per heavy atom. The van der Waals surface area contributed by atoms with Crippen LogP contribution in [-0.4, -0.2) is 29.8 Å². The number of nitrogens with one attached hydrogen (secondary N) is 1. The van der Waals surface area contributed by atoms with Gasteiger partial charge in [-0.15, -0.1) is 0 Å². The molecule has 0 bridgehead atoms. The van der Waals surface area contributed by atoms with Crippen molar-refractivity contribution in [1.29, 1.82) is 0 Å². The van der Waals surface area contributed by atoms with Gasteiger partial charge in [-0.2, -0.15) is 4.98 Å². The van der Waals surface area contributed by atoms with Crippen LogP contribution in [0.2, 0.25) is 0 Å². The Morgan fingerprint density at radius 1 is 1.30 bits per heavy atom. The first-order valence-electron chi connectivity index (χ1n) is 7.02. The summed E-state index contributed by atoms with van der Waals surface area (Å²) >= 11 is 0. The molecule has 0 radical (unpaired) electrons. The number of ether oxygens (including phenoxy) is 1. The van der Waals surface area contributed by atoms with E-state index in [1.54, 1.807) is 0 Å². The van der Waals surface area contributed by atoms with Gasteiger partial charge in [-0.1, -0.05) is 29.4 Å². The van der Waals surface area contributed by atoms with Crippen LogP contribution in [0, 0.1) is 6.92 Å². The lowest BCUT2D eigenvalue weighted by molar-refractivity contribution is 0.0208. The number of aromatic nitrogens is 2. The molecule has 106 valence electrons. The third-order valence-electron chi connectivity index (χ3n) is 3.57. The van der Waals surface area contributed by atoms with E-state index in [1.165, 1.54) is 11.1 Å². The Kier molecular flexibility index (Phi) is 4.08. The predicted octanol–water partition coefficient (Wildman–Crippen LogP) is 1.82. The molecule has 1 unspecified atom stereocenters. The summed E-state index contributed by atoms with van der Waals surface area (Å²) in [5, 5.41) is 7.28. The van der Waals surface area contributed by atoms with Crippen LogP contribution in [0.15, 0.2) is 28.8 Å². The predicted molar refractivity (Wildman–Crippen MR) is 74.4 cm³/mol. The quantitative estimate of drug-likeness (QED) is 0.920. The van der Waals surface area contributed by atoms with Crippen molar-refractivity contribution in [1.82, 2.24) is 15.5 Å². The summed E-state index contributed by atoms with van der Waals surface area (Å²) in [5.41, 5.74) is 2.62. The zero-order valence-corrected chi connectivity index (χ0v) is 11.6. The smallest absolute Gasteiger partial charge is 0.227 e. The van der Waals surface area contributed by atoms with E-state index < -0.39 is 0 Å². The zero-order valence-electron chi connectivity index (χ0n) is 11.6. The van der Waals surface area contributed by atoms with Crippen molar-refractivity contribution in [2.45, 2.75) is 25.9 Å². The van der Waals surface area contributed by atoms with E-state index in [-0.39, 0.29) is 6.10 Å². The fourth-order valence-corrected chi connectivity index (χ4v) is 2.36. The van der Waals surface area contributed by atoms with Crippen LogP contribution >= 0.6 is 0 Å². The van der Waals surface area contributed by atoms with Gasteiger partial charge in [-0.25, -0.2) is 0 Å². The van der Waals surface area contributed by atoms with Gasteiger partial charge in [0.2, 0.25) is 11.7 Å². The minimum absolute atomic E-state index is 0.0836. The monoisotopic (exact) mass is 273 g/mol. The maximum atomic E-state index is 5.61. The zero-order chi connectivity index (χ0) is 13.8. The molecule has 5 heteroatoms. The molecule has 1 N–H and O–H groups in total. The first kappa shape index (κ1) is 13.3. The maximum absolute atomic E-state index is 5.61. The van der Waals surface area contributed by atoms with E-state index in [0.717, 1.165) is 25.9 Å². The largest absolute Gasteiger partial charge is 0.367 e. The summed E-state index contributed by atoms with van der Waals surface area (Å²) in [6.07, 6.45) is 1.59. The van der Waals surface area contributed by atoms with E-state index in [1.807, 2.05) is 0 Å². The number of aryl methyl sites for hydroxylation is 3.